The van der Waals surface area contributed by atoms with Crippen LogP contribution < -0.4 is 0 Å². The Morgan fingerprint density at radius 1 is 1.44 bits per heavy atom. The molecule has 6 heteroatoms. The molecule has 0 aliphatic heterocycles. The Morgan fingerprint density at radius 3 is 2.00 bits per heavy atom. The van der Waals surface area contributed by atoms with Crippen LogP contribution in [0.4, 0.5) is 12.9 Å². The van der Waals surface area contributed by atoms with Crippen molar-refractivity contribution in [2.75, 3.05) is 0 Å². The van der Waals surface area contributed by atoms with Crippen molar-refractivity contribution in [2.24, 2.45) is 0 Å². The molecule has 54 valence electrons. The third kappa shape index (κ3) is 7.32. The van der Waals surface area contributed by atoms with E-state index in [0.717, 1.165) is 0 Å². The molecule has 0 radical (unpaired) electrons. The van der Waals surface area contributed by atoms with Gasteiger partial charge >= 0.3 is 6.98 Å². The number of hydrogen-bond acceptors (Lipinski definition) is 1. The maximum absolute atomic E-state index is 11.2. The second kappa shape index (κ2) is 2.75. The molecule has 0 aliphatic rings. The summed E-state index contributed by atoms with van der Waals surface area (Å²) in [5.74, 6) is -1.41. The van der Waals surface area contributed by atoms with Gasteiger partial charge in [-0.3, -0.25) is 4.79 Å². The zero-order valence-electron chi connectivity index (χ0n) is 4.48. The van der Waals surface area contributed by atoms with E-state index in [1.807, 2.05) is 0 Å². The summed E-state index contributed by atoms with van der Waals surface area (Å²) >= 11 is 0. The van der Waals surface area contributed by atoms with Crippen LogP contribution >= 0.6 is 0 Å². The Morgan fingerprint density at radius 2 is 1.89 bits per heavy atom. The van der Waals surface area contributed by atoms with Gasteiger partial charge in [-0.15, -0.1) is 0 Å². The van der Waals surface area contributed by atoms with Gasteiger partial charge in [0.2, 0.25) is 0 Å². The first-order valence-electron chi connectivity index (χ1n) is 2.34. The quantitative estimate of drug-likeness (QED) is 0.601. The second-order valence-corrected chi connectivity index (χ2v) is 1.64. The van der Waals surface area contributed by atoms with E-state index in [4.69, 9.17) is 5.11 Å². The molecule has 0 unspecified atom stereocenters. The van der Waals surface area contributed by atoms with Crippen molar-refractivity contribution in [3.05, 3.63) is 0 Å². The van der Waals surface area contributed by atoms with Gasteiger partial charge in [0.15, 0.2) is 0 Å². The average molecular weight is 141 g/mol. The Balaban J connectivity index is 3.39. The van der Waals surface area contributed by atoms with Crippen LogP contribution in [0.25, 0.3) is 0 Å². The van der Waals surface area contributed by atoms with E-state index >= 15 is 0 Å². The van der Waals surface area contributed by atoms with E-state index in [-0.39, 0.29) is 0 Å². The molecule has 0 rings (SSSR count). The molecule has 0 bridgehead atoms. The van der Waals surface area contributed by atoms with Crippen molar-refractivity contribution in [1.82, 2.24) is 0 Å². The molecule has 0 fully saturated rings. The monoisotopic (exact) mass is 141 g/mol. The van der Waals surface area contributed by atoms with Crippen molar-refractivity contribution in [1.29, 1.82) is 0 Å². The molecule has 0 aromatic heterocycles. The lowest BCUT2D eigenvalue weighted by Crippen LogP contribution is -2.15. The number of carboxylic acids is 1. The third-order valence-electron chi connectivity index (χ3n) is 0.686. The molecule has 0 aromatic carbocycles. The molecule has 0 saturated carbocycles. The summed E-state index contributed by atoms with van der Waals surface area (Å²) in [6.07, 6.45) is -2.00. The molecule has 0 heterocycles. The molecule has 0 spiro atoms. The molecule has 0 aliphatic carbocycles. The molecule has 1 N–H and O–H groups in total. The maximum Gasteiger partial charge on any atom is 0.478 e. The minimum absolute atomic E-state index is 0.816. The summed E-state index contributed by atoms with van der Waals surface area (Å²) < 4.78 is 33.6. The van der Waals surface area contributed by atoms with Crippen molar-refractivity contribution >= 4 is 12.9 Å². The first-order chi connectivity index (χ1) is 3.92. The van der Waals surface area contributed by atoms with E-state index < -0.39 is 25.7 Å². The predicted molar refractivity (Wildman–Crippen MR) is 26.1 cm³/mol. The van der Waals surface area contributed by atoms with E-state index in [9.17, 15) is 17.7 Å². The average Bonchev–Trinajstić information content (AvgIpc) is 1.59. The van der Waals surface area contributed by atoms with Crippen molar-refractivity contribution in [2.45, 2.75) is 12.7 Å². The highest BCUT2D eigenvalue weighted by atomic mass is 19.4. The molecular formula is C3H5BF3O2-. The minimum Gasteiger partial charge on any atom is -0.481 e. The number of carboxylic acid groups (broad SMARTS) is 1. The highest BCUT2D eigenvalue weighted by molar-refractivity contribution is 6.58. The fourth-order valence-electron chi connectivity index (χ4n) is 0.287. The molecule has 0 aromatic rings. The first-order valence-corrected chi connectivity index (χ1v) is 2.34. The van der Waals surface area contributed by atoms with Gasteiger partial charge < -0.3 is 18.1 Å². The van der Waals surface area contributed by atoms with E-state index in [2.05, 4.69) is 0 Å². The Labute approximate surface area is 49.7 Å². The molecule has 0 saturated heterocycles. The van der Waals surface area contributed by atoms with Crippen LogP contribution in [0.15, 0.2) is 0 Å². The highest BCUT2D eigenvalue weighted by Gasteiger charge is 2.23. The molecule has 2 nitrogen and oxygen atoms in total. The zero-order chi connectivity index (χ0) is 7.49. The Hall–Kier alpha value is -0.675. The molecule has 0 atom stereocenters. The number of carbonyl (C=O) groups is 1. The summed E-state index contributed by atoms with van der Waals surface area (Å²) in [4.78, 5) is 9.56. The SMILES string of the molecule is O=C(O)CC[B-](F)(F)F. The van der Waals surface area contributed by atoms with Crippen LogP contribution in [0, 0.1) is 0 Å². The third-order valence-corrected chi connectivity index (χ3v) is 0.686. The summed E-state index contributed by atoms with van der Waals surface area (Å²) in [7, 11) is 0. The van der Waals surface area contributed by atoms with Gasteiger partial charge in [-0.25, -0.2) is 0 Å². The highest BCUT2D eigenvalue weighted by Crippen LogP contribution is 2.16. The maximum atomic E-state index is 11.2. The lowest BCUT2D eigenvalue weighted by molar-refractivity contribution is -0.136. The van der Waals surface area contributed by atoms with Gasteiger partial charge in [0.05, 0.1) is 0 Å². The van der Waals surface area contributed by atoms with Crippen LogP contribution in [-0.4, -0.2) is 18.1 Å². The fourth-order valence-corrected chi connectivity index (χ4v) is 0.287. The number of rotatable bonds is 3. The first kappa shape index (κ1) is 8.32. The Bertz CT molecular complexity index is 110. The molecule has 0 amide bonds. The van der Waals surface area contributed by atoms with Crippen LogP contribution in [-0.2, 0) is 4.79 Å². The van der Waals surface area contributed by atoms with Gasteiger partial charge in [-0.05, 0) is 0 Å². The van der Waals surface area contributed by atoms with Crippen molar-refractivity contribution in [3.63, 3.8) is 0 Å². The fraction of sp³-hybridized carbons (Fsp3) is 0.667. The van der Waals surface area contributed by atoms with Crippen LogP contribution in [0.5, 0.6) is 0 Å². The summed E-state index contributed by atoms with van der Waals surface area (Å²) in [6, 6.07) is 0. The van der Waals surface area contributed by atoms with Gasteiger partial charge in [0.25, 0.3) is 5.97 Å². The van der Waals surface area contributed by atoms with Crippen molar-refractivity contribution in [3.8, 4) is 0 Å². The van der Waals surface area contributed by atoms with Crippen LogP contribution in [0.1, 0.15) is 6.42 Å². The normalized spacial score (nSPS) is 11.4. The second-order valence-electron chi connectivity index (χ2n) is 1.64. The topological polar surface area (TPSA) is 37.3 Å². The smallest absolute Gasteiger partial charge is 0.478 e. The van der Waals surface area contributed by atoms with Gasteiger partial charge in [-0.2, -0.15) is 0 Å². The zero-order valence-corrected chi connectivity index (χ0v) is 4.48. The molecular weight excluding hydrogens is 136 g/mol. The van der Waals surface area contributed by atoms with Crippen molar-refractivity contribution < 1.29 is 22.8 Å². The van der Waals surface area contributed by atoms with E-state index in [1.165, 1.54) is 0 Å². The predicted octanol–water partition coefficient (Wildman–Crippen LogP) is 1.31. The van der Waals surface area contributed by atoms with E-state index in [1.54, 1.807) is 0 Å². The summed E-state index contributed by atoms with van der Waals surface area (Å²) in [5, 5.41) is 7.79. The van der Waals surface area contributed by atoms with Crippen LogP contribution in [0.2, 0.25) is 6.32 Å². The van der Waals surface area contributed by atoms with Gasteiger partial charge in [0.1, 0.15) is 0 Å². The minimum atomic E-state index is -4.91. The van der Waals surface area contributed by atoms with Gasteiger partial charge in [0, 0.05) is 6.42 Å². The van der Waals surface area contributed by atoms with Gasteiger partial charge in [-0.1, -0.05) is 6.32 Å². The van der Waals surface area contributed by atoms with Crippen LogP contribution in [0.3, 0.4) is 0 Å². The largest absolute Gasteiger partial charge is 0.481 e. The standard InChI is InChI=1S/C3H5BF3O2/c5-4(6,7)2-1-3(8)9/h1-2H2,(H,8,9)/q-1. The number of aliphatic carboxylic acids is 1. The van der Waals surface area contributed by atoms with E-state index in [0.29, 0.717) is 0 Å². The lowest BCUT2D eigenvalue weighted by Gasteiger charge is -2.09. The number of hydrogen-bond donors (Lipinski definition) is 1. The lowest BCUT2D eigenvalue weighted by atomic mass is 9.84. The molecule has 9 heavy (non-hydrogen) atoms. The number of halogens is 3. The summed E-state index contributed by atoms with van der Waals surface area (Å²) in [6.45, 7) is -4.91. The Kier molecular flexibility index (Phi) is 2.54. The summed E-state index contributed by atoms with van der Waals surface area (Å²) in [5.41, 5.74) is 0.